The maximum atomic E-state index is 14.5. The van der Waals surface area contributed by atoms with Gasteiger partial charge in [-0.1, -0.05) is 30.3 Å². The highest BCUT2D eigenvalue weighted by atomic mass is 19.3. The fraction of sp³-hybridized carbons (Fsp3) is 0.579. The van der Waals surface area contributed by atoms with E-state index in [1.165, 1.54) is 0 Å². The molecule has 3 aliphatic rings. The van der Waals surface area contributed by atoms with Crippen LogP contribution in [-0.4, -0.2) is 65.1 Å². The molecule has 1 aromatic carbocycles. The summed E-state index contributed by atoms with van der Waals surface area (Å²) in [6.07, 6.45) is 0.410. The van der Waals surface area contributed by atoms with E-state index in [1.54, 1.807) is 17.0 Å². The third-order valence-corrected chi connectivity index (χ3v) is 5.96. The van der Waals surface area contributed by atoms with Crippen molar-refractivity contribution >= 4 is 12.1 Å². The lowest BCUT2D eigenvalue weighted by Gasteiger charge is -2.26. The molecule has 0 radical (unpaired) electrons. The van der Waals surface area contributed by atoms with Crippen molar-refractivity contribution in [2.45, 2.75) is 31.4 Å². The van der Waals surface area contributed by atoms with E-state index in [0.29, 0.717) is 12.8 Å². The quantitative estimate of drug-likeness (QED) is 0.850. The zero-order chi connectivity index (χ0) is 19.2. The molecule has 1 aromatic rings. The molecule has 0 spiro atoms. The minimum absolute atomic E-state index is 0.0327. The third kappa shape index (κ3) is 3.38. The molecule has 1 N–H and O–H groups in total. The molecule has 146 valence electrons. The molecule has 0 unspecified atom stereocenters. The predicted octanol–water partition coefficient (Wildman–Crippen LogP) is 2.44. The molecular weight excluding hydrogens is 358 g/mol. The fourth-order valence-corrected chi connectivity index (χ4v) is 4.21. The number of fused-ring (bicyclic) bond motifs is 1. The van der Waals surface area contributed by atoms with Crippen LogP contribution in [0.1, 0.15) is 18.4 Å². The summed E-state index contributed by atoms with van der Waals surface area (Å²) in [7, 11) is 0. The molecule has 27 heavy (non-hydrogen) atoms. The summed E-state index contributed by atoms with van der Waals surface area (Å²) in [6.45, 7) is 0.0159. The van der Waals surface area contributed by atoms with Crippen LogP contribution in [0.3, 0.4) is 0 Å². The summed E-state index contributed by atoms with van der Waals surface area (Å²) in [5, 5.41) is 9.33. The molecule has 2 saturated heterocycles. The topological polar surface area (TPSA) is 70.1 Å². The van der Waals surface area contributed by atoms with Gasteiger partial charge in [0.25, 0.3) is 5.92 Å². The first-order valence-corrected chi connectivity index (χ1v) is 9.12. The zero-order valence-corrected chi connectivity index (χ0v) is 14.8. The normalized spacial score (nSPS) is 28.0. The van der Waals surface area contributed by atoms with E-state index in [-0.39, 0.29) is 26.2 Å². The van der Waals surface area contributed by atoms with Crippen molar-refractivity contribution in [3.63, 3.8) is 0 Å². The number of carbonyl (C=O) groups is 2. The first-order chi connectivity index (χ1) is 12.8. The average molecular weight is 380 g/mol. The smallest absolute Gasteiger partial charge is 0.410 e. The molecule has 2 aliphatic heterocycles. The Bertz CT molecular complexity index is 738. The van der Waals surface area contributed by atoms with Crippen molar-refractivity contribution in [3.8, 4) is 0 Å². The van der Waals surface area contributed by atoms with Crippen molar-refractivity contribution in [3.05, 3.63) is 35.9 Å². The molecule has 2 heterocycles. The molecule has 0 bridgehead atoms. The van der Waals surface area contributed by atoms with E-state index >= 15 is 0 Å². The van der Waals surface area contributed by atoms with Gasteiger partial charge in [-0.2, -0.15) is 0 Å². The maximum absolute atomic E-state index is 14.5. The first kappa shape index (κ1) is 18.2. The predicted molar refractivity (Wildman–Crippen MR) is 91.3 cm³/mol. The first-order valence-electron chi connectivity index (χ1n) is 9.12. The molecule has 3 fully saturated rings. The number of benzene rings is 1. The van der Waals surface area contributed by atoms with Gasteiger partial charge in [0.05, 0.1) is 23.9 Å². The Labute approximate surface area is 155 Å². The number of carbonyl (C=O) groups excluding carboxylic acids is 1. The largest absolute Gasteiger partial charge is 0.481 e. The SMILES string of the molecule is O=C(OCc1ccccc1)N1CC(F)(F)[C@@H]2CN(CC3(C(=O)O)CC3)C[C@@H]21. The number of amides is 1. The molecule has 1 aliphatic carbocycles. The number of rotatable bonds is 5. The highest BCUT2D eigenvalue weighted by Gasteiger charge is 2.61. The number of nitrogens with zero attached hydrogens (tertiary/aromatic N) is 2. The summed E-state index contributed by atoms with van der Waals surface area (Å²) in [5.41, 5.74) is -0.00872. The van der Waals surface area contributed by atoms with Gasteiger partial charge >= 0.3 is 12.1 Å². The Balaban J connectivity index is 1.41. The number of carboxylic acids is 1. The Morgan fingerprint density at radius 3 is 2.52 bits per heavy atom. The van der Waals surface area contributed by atoms with E-state index in [9.17, 15) is 23.5 Å². The Hall–Kier alpha value is -2.22. The van der Waals surface area contributed by atoms with Gasteiger partial charge < -0.3 is 9.84 Å². The summed E-state index contributed by atoms with van der Waals surface area (Å²) in [4.78, 5) is 26.7. The number of ether oxygens (including phenoxy) is 1. The van der Waals surface area contributed by atoms with Crippen molar-refractivity contribution in [2.24, 2.45) is 11.3 Å². The van der Waals surface area contributed by atoms with Crippen LogP contribution in [0.4, 0.5) is 13.6 Å². The summed E-state index contributed by atoms with van der Waals surface area (Å²) < 4.78 is 34.2. The van der Waals surface area contributed by atoms with Gasteiger partial charge in [-0.15, -0.1) is 0 Å². The van der Waals surface area contributed by atoms with Gasteiger partial charge in [-0.05, 0) is 18.4 Å². The molecule has 0 aromatic heterocycles. The van der Waals surface area contributed by atoms with E-state index in [2.05, 4.69) is 0 Å². The van der Waals surface area contributed by atoms with Gasteiger partial charge in [0.1, 0.15) is 6.61 Å². The summed E-state index contributed by atoms with van der Waals surface area (Å²) in [5.74, 6) is -4.85. The monoisotopic (exact) mass is 380 g/mol. The number of hydrogen-bond acceptors (Lipinski definition) is 4. The van der Waals surface area contributed by atoms with E-state index < -0.39 is 41.9 Å². The Morgan fingerprint density at radius 2 is 1.89 bits per heavy atom. The maximum Gasteiger partial charge on any atom is 0.410 e. The van der Waals surface area contributed by atoms with Crippen LogP contribution in [0.25, 0.3) is 0 Å². The second-order valence-corrected chi connectivity index (χ2v) is 7.88. The molecule has 1 saturated carbocycles. The summed E-state index contributed by atoms with van der Waals surface area (Å²) >= 11 is 0. The van der Waals surface area contributed by atoms with Crippen LogP contribution in [0.15, 0.2) is 30.3 Å². The molecule has 4 rings (SSSR count). The van der Waals surface area contributed by atoms with Crippen LogP contribution in [0.2, 0.25) is 0 Å². The van der Waals surface area contributed by atoms with E-state index in [0.717, 1.165) is 10.5 Å². The second-order valence-electron chi connectivity index (χ2n) is 7.88. The van der Waals surface area contributed by atoms with Crippen LogP contribution in [-0.2, 0) is 16.1 Å². The number of likely N-dealkylation sites (tertiary alicyclic amines) is 2. The minimum atomic E-state index is -2.99. The van der Waals surface area contributed by atoms with Crippen molar-refractivity contribution in [1.29, 1.82) is 0 Å². The molecular formula is C19H22F2N2O4. The van der Waals surface area contributed by atoms with Gasteiger partial charge in [-0.25, -0.2) is 13.6 Å². The lowest BCUT2D eigenvalue weighted by molar-refractivity contribution is -0.144. The Morgan fingerprint density at radius 1 is 1.19 bits per heavy atom. The lowest BCUT2D eigenvalue weighted by Crippen LogP contribution is -2.42. The second kappa shape index (κ2) is 6.44. The Kier molecular flexibility index (Phi) is 4.33. The highest BCUT2D eigenvalue weighted by molar-refractivity contribution is 5.78. The van der Waals surface area contributed by atoms with E-state index in [4.69, 9.17) is 4.74 Å². The molecule has 8 heteroatoms. The number of aliphatic carboxylic acids is 1. The lowest BCUT2D eigenvalue weighted by atomic mass is 10.0. The highest BCUT2D eigenvalue weighted by Crippen LogP contribution is 2.49. The number of hydrogen-bond donors (Lipinski definition) is 1. The van der Waals surface area contributed by atoms with E-state index in [1.807, 2.05) is 18.2 Å². The van der Waals surface area contributed by atoms with Crippen LogP contribution in [0.5, 0.6) is 0 Å². The van der Waals surface area contributed by atoms with Crippen LogP contribution >= 0.6 is 0 Å². The molecule has 6 nitrogen and oxygen atoms in total. The van der Waals surface area contributed by atoms with Gasteiger partial charge in [0.15, 0.2) is 0 Å². The van der Waals surface area contributed by atoms with Gasteiger partial charge in [0.2, 0.25) is 0 Å². The fourth-order valence-electron chi connectivity index (χ4n) is 4.21. The van der Waals surface area contributed by atoms with Gasteiger partial charge in [-0.3, -0.25) is 14.6 Å². The van der Waals surface area contributed by atoms with Crippen molar-refractivity contribution in [1.82, 2.24) is 9.80 Å². The van der Waals surface area contributed by atoms with Crippen LogP contribution in [0, 0.1) is 11.3 Å². The minimum Gasteiger partial charge on any atom is -0.481 e. The van der Waals surface area contributed by atoms with Crippen molar-refractivity contribution in [2.75, 3.05) is 26.2 Å². The number of halogens is 2. The zero-order valence-electron chi connectivity index (χ0n) is 14.8. The summed E-state index contributed by atoms with van der Waals surface area (Å²) in [6, 6.07) is 8.42. The van der Waals surface area contributed by atoms with Gasteiger partial charge in [0, 0.05) is 19.6 Å². The average Bonchev–Trinajstić information content (AvgIpc) is 3.22. The van der Waals surface area contributed by atoms with Crippen molar-refractivity contribution < 1.29 is 28.2 Å². The third-order valence-electron chi connectivity index (χ3n) is 5.96. The van der Waals surface area contributed by atoms with Crippen LogP contribution < -0.4 is 0 Å². The molecule has 1 amide bonds. The standard InChI is InChI=1S/C19H22F2N2O4/c20-19(21)12-23(17(26)27-10-13-4-2-1-3-5-13)15-9-22(8-14(15)19)11-18(6-7-18)16(24)25/h1-5,14-15H,6-12H2,(H,24,25)/t14-,15+/m1/s1. The number of carboxylic acid groups (broad SMARTS) is 1. The number of alkyl halides is 2. The molecule has 2 atom stereocenters.